The van der Waals surface area contributed by atoms with E-state index in [0.29, 0.717) is 17.9 Å². The van der Waals surface area contributed by atoms with Crippen molar-refractivity contribution in [1.29, 1.82) is 5.26 Å². The molecule has 21 heavy (non-hydrogen) atoms. The van der Waals surface area contributed by atoms with Crippen molar-refractivity contribution in [2.24, 2.45) is 0 Å². The van der Waals surface area contributed by atoms with Gasteiger partial charge in [-0.1, -0.05) is 18.9 Å². The molecule has 1 saturated carbocycles. The molecule has 5 nitrogen and oxygen atoms in total. The van der Waals surface area contributed by atoms with Gasteiger partial charge in [0.2, 0.25) is 0 Å². The molecule has 0 heterocycles. The van der Waals surface area contributed by atoms with Crippen molar-refractivity contribution in [3.8, 4) is 11.8 Å². The lowest BCUT2D eigenvalue weighted by Gasteiger charge is -2.29. The SMILES string of the molecule is N#Cc1cccc(OCC(O)CNC2(CO)CCCC2)c1. The Kier molecular flexibility index (Phi) is 5.57. The van der Waals surface area contributed by atoms with Crippen molar-refractivity contribution >= 4 is 0 Å². The van der Waals surface area contributed by atoms with E-state index in [-0.39, 0.29) is 18.8 Å². The predicted octanol–water partition coefficient (Wildman–Crippen LogP) is 1.19. The monoisotopic (exact) mass is 290 g/mol. The van der Waals surface area contributed by atoms with Crippen molar-refractivity contribution in [1.82, 2.24) is 5.32 Å². The van der Waals surface area contributed by atoms with Gasteiger partial charge >= 0.3 is 0 Å². The maximum atomic E-state index is 9.97. The minimum atomic E-state index is -0.653. The van der Waals surface area contributed by atoms with Crippen LogP contribution in [0.3, 0.4) is 0 Å². The lowest BCUT2D eigenvalue weighted by atomic mass is 9.99. The minimum Gasteiger partial charge on any atom is -0.491 e. The second-order valence-electron chi connectivity index (χ2n) is 5.63. The highest BCUT2D eigenvalue weighted by molar-refractivity contribution is 5.36. The molecule has 1 aliphatic carbocycles. The summed E-state index contributed by atoms with van der Waals surface area (Å²) in [5.74, 6) is 0.575. The fourth-order valence-corrected chi connectivity index (χ4v) is 2.68. The van der Waals surface area contributed by atoms with Crippen LogP contribution in [-0.4, -0.2) is 41.6 Å². The summed E-state index contributed by atoms with van der Waals surface area (Å²) in [6, 6.07) is 8.90. The number of aliphatic hydroxyl groups is 2. The average Bonchev–Trinajstić information content (AvgIpc) is 3.00. The lowest BCUT2D eigenvalue weighted by Crippen LogP contribution is -2.49. The molecule has 2 rings (SSSR count). The number of nitrogens with zero attached hydrogens (tertiary/aromatic N) is 1. The molecule has 5 heteroatoms. The highest BCUT2D eigenvalue weighted by atomic mass is 16.5. The summed E-state index contributed by atoms with van der Waals surface area (Å²) in [7, 11) is 0. The average molecular weight is 290 g/mol. The van der Waals surface area contributed by atoms with E-state index in [4.69, 9.17) is 10.00 Å². The molecule has 1 aliphatic rings. The largest absolute Gasteiger partial charge is 0.491 e. The second-order valence-corrected chi connectivity index (χ2v) is 5.63. The van der Waals surface area contributed by atoms with Crippen LogP contribution in [-0.2, 0) is 0 Å². The minimum absolute atomic E-state index is 0.102. The molecular formula is C16H22N2O3. The van der Waals surface area contributed by atoms with Crippen LogP contribution in [0, 0.1) is 11.3 Å². The number of nitriles is 1. The zero-order chi connectivity index (χ0) is 15.1. The van der Waals surface area contributed by atoms with Crippen LogP contribution in [0.15, 0.2) is 24.3 Å². The zero-order valence-corrected chi connectivity index (χ0v) is 12.1. The maximum absolute atomic E-state index is 9.97. The number of hydrogen-bond donors (Lipinski definition) is 3. The van der Waals surface area contributed by atoms with E-state index in [2.05, 4.69) is 5.32 Å². The van der Waals surface area contributed by atoms with E-state index in [0.717, 1.165) is 25.7 Å². The molecule has 0 saturated heterocycles. The van der Waals surface area contributed by atoms with Gasteiger partial charge in [0.1, 0.15) is 18.5 Å². The van der Waals surface area contributed by atoms with Crippen molar-refractivity contribution in [3.05, 3.63) is 29.8 Å². The van der Waals surface area contributed by atoms with Crippen LogP contribution in [0.2, 0.25) is 0 Å². The first kappa shape index (κ1) is 15.8. The summed E-state index contributed by atoms with van der Waals surface area (Å²) in [4.78, 5) is 0. The molecule has 0 spiro atoms. The number of ether oxygens (including phenoxy) is 1. The van der Waals surface area contributed by atoms with Crippen LogP contribution < -0.4 is 10.1 Å². The molecule has 0 radical (unpaired) electrons. The second kappa shape index (κ2) is 7.41. The van der Waals surface area contributed by atoms with Gasteiger partial charge in [-0.2, -0.15) is 5.26 Å². The third kappa shape index (κ3) is 4.43. The Morgan fingerprint density at radius 3 is 2.81 bits per heavy atom. The van der Waals surface area contributed by atoms with Gasteiger partial charge in [-0.15, -0.1) is 0 Å². The van der Waals surface area contributed by atoms with Crippen molar-refractivity contribution in [2.45, 2.75) is 37.3 Å². The Balaban J connectivity index is 1.77. The zero-order valence-electron chi connectivity index (χ0n) is 12.1. The first-order valence-electron chi connectivity index (χ1n) is 7.34. The molecule has 1 aromatic rings. The summed E-state index contributed by atoms with van der Waals surface area (Å²) in [6.07, 6.45) is 3.46. The molecule has 1 fully saturated rings. The molecule has 0 amide bonds. The molecule has 114 valence electrons. The number of benzene rings is 1. The Morgan fingerprint density at radius 2 is 2.14 bits per heavy atom. The Bertz CT molecular complexity index is 493. The Labute approximate surface area is 125 Å². The van der Waals surface area contributed by atoms with E-state index in [9.17, 15) is 10.2 Å². The van der Waals surface area contributed by atoms with Crippen molar-refractivity contribution in [2.75, 3.05) is 19.8 Å². The molecule has 1 unspecified atom stereocenters. The fraction of sp³-hybridized carbons (Fsp3) is 0.562. The molecule has 0 aromatic heterocycles. The number of hydrogen-bond acceptors (Lipinski definition) is 5. The Hall–Kier alpha value is -1.61. The van der Waals surface area contributed by atoms with Crippen LogP contribution in [0.4, 0.5) is 0 Å². The summed E-state index contributed by atoms with van der Waals surface area (Å²) in [5, 5.41) is 31.5. The van der Waals surface area contributed by atoms with Crippen LogP contribution in [0.25, 0.3) is 0 Å². The number of rotatable bonds is 7. The summed E-state index contributed by atoms with van der Waals surface area (Å²) < 4.78 is 5.49. The van der Waals surface area contributed by atoms with E-state index in [1.54, 1.807) is 24.3 Å². The molecule has 1 atom stereocenters. The molecule has 0 bridgehead atoms. The lowest BCUT2D eigenvalue weighted by molar-refractivity contribution is 0.0850. The maximum Gasteiger partial charge on any atom is 0.120 e. The van der Waals surface area contributed by atoms with Gasteiger partial charge in [-0.25, -0.2) is 0 Å². The fourth-order valence-electron chi connectivity index (χ4n) is 2.68. The predicted molar refractivity (Wildman–Crippen MR) is 78.9 cm³/mol. The van der Waals surface area contributed by atoms with Gasteiger partial charge in [0, 0.05) is 12.1 Å². The smallest absolute Gasteiger partial charge is 0.120 e. The molecular weight excluding hydrogens is 268 g/mol. The normalized spacial score (nSPS) is 18.1. The van der Waals surface area contributed by atoms with Gasteiger partial charge in [0.25, 0.3) is 0 Å². The highest BCUT2D eigenvalue weighted by Gasteiger charge is 2.32. The highest BCUT2D eigenvalue weighted by Crippen LogP contribution is 2.28. The van der Waals surface area contributed by atoms with Gasteiger partial charge in [-0.3, -0.25) is 0 Å². The first-order chi connectivity index (χ1) is 10.2. The van der Waals surface area contributed by atoms with Gasteiger partial charge in [-0.05, 0) is 31.0 Å². The third-order valence-corrected chi connectivity index (χ3v) is 3.98. The van der Waals surface area contributed by atoms with Crippen LogP contribution >= 0.6 is 0 Å². The molecule has 0 aliphatic heterocycles. The van der Waals surface area contributed by atoms with Gasteiger partial charge in [0.15, 0.2) is 0 Å². The number of aliphatic hydroxyl groups excluding tert-OH is 2. The number of nitrogens with one attached hydrogen (secondary N) is 1. The summed E-state index contributed by atoms with van der Waals surface area (Å²) in [5.41, 5.74) is 0.298. The van der Waals surface area contributed by atoms with E-state index < -0.39 is 6.10 Å². The van der Waals surface area contributed by atoms with E-state index in [1.165, 1.54) is 0 Å². The van der Waals surface area contributed by atoms with Crippen molar-refractivity contribution in [3.63, 3.8) is 0 Å². The van der Waals surface area contributed by atoms with Gasteiger partial charge < -0.3 is 20.3 Å². The van der Waals surface area contributed by atoms with E-state index in [1.807, 2.05) is 6.07 Å². The van der Waals surface area contributed by atoms with Crippen LogP contribution in [0.1, 0.15) is 31.2 Å². The van der Waals surface area contributed by atoms with Crippen molar-refractivity contribution < 1.29 is 14.9 Å². The standard InChI is InChI=1S/C16H22N2O3/c17-9-13-4-3-5-15(8-13)21-11-14(20)10-18-16(12-19)6-1-2-7-16/h3-5,8,14,18-20H,1-2,6-7,10-12H2. The van der Waals surface area contributed by atoms with Crippen LogP contribution in [0.5, 0.6) is 5.75 Å². The topological polar surface area (TPSA) is 85.5 Å². The molecule has 3 N–H and O–H groups in total. The summed E-state index contributed by atoms with van der Waals surface area (Å²) in [6.45, 7) is 0.646. The van der Waals surface area contributed by atoms with Gasteiger partial charge in [0.05, 0.1) is 18.2 Å². The number of β-amino-alcohol motifs (C(OH)–C–C–N with tert-alkyl or cyclic N) is 1. The Morgan fingerprint density at radius 1 is 1.38 bits per heavy atom. The first-order valence-corrected chi connectivity index (χ1v) is 7.34. The van der Waals surface area contributed by atoms with E-state index >= 15 is 0 Å². The quantitative estimate of drug-likeness (QED) is 0.702. The molecule has 1 aromatic carbocycles. The third-order valence-electron chi connectivity index (χ3n) is 3.98. The summed E-state index contributed by atoms with van der Waals surface area (Å²) >= 11 is 0.